The second-order valence-corrected chi connectivity index (χ2v) is 7.11. The van der Waals surface area contributed by atoms with Gasteiger partial charge in [-0.15, -0.1) is 4.73 Å². The van der Waals surface area contributed by atoms with Crippen molar-refractivity contribution in [3.8, 4) is 17.4 Å². The summed E-state index contributed by atoms with van der Waals surface area (Å²) in [5.41, 5.74) is -0.650. The van der Waals surface area contributed by atoms with Crippen LogP contribution in [0.25, 0.3) is 10.9 Å². The molecular formula is C24H19N3O7. The van der Waals surface area contributed by atoms with Gasteiger partial charge in [-0.1, -0.05) is 36.4 Å². The summed E-state index contributed by atoms with van der Waals surface area (Å²) >= 11 is 0. The normalized spacial score (nSPS) is 10.6. The van der Waals surface area contributed by atoms with Gasteiger partial charge in [0.2, 0.25) is 5.88 Å². The molecule has 2 aromatic heterocycles. The van der Waals surface area contributed by atoms with Crippen molar-refractivity contribution in [2.24, 2.45) is 0 Å². The zero-order chi connectivity index (χ0) is 24.1. The third-order valence-electron chi connectivity index (χ3n) is 4.77. The second-order valence-electron chi connectivity index (χ2n) is 7.11. The summed E-state index contributed by atoms with van der Waals surface area (Å²) in [7, 11) is 0. The Morgan fingerprint density at radius 1 is 1.03 bits per heavy atom. The summed E-state index contributed by atoms with van der Waals surface area (Å²) in [4.78, 5) is 46.3. The van der Waals surface area contributed by atoms with Crippen LogP contribution in [0.5, 0.6) is 17.4 Å². The number of nitrogens with one attached hydrogen (secondary N) is 1. The van der Waals surface area contributed by atoms with Gasteiger partial charge in [-0.2, -0.15) is 0 Å². The van der Waals surface area contributed by atoms with E-state index in [2.05, 4.69) is 10.3 Å². The number of carbonyl (C=O) groups excluding carboxylic acids is 1. The molecule has 3 N–H and O–H groups in total. The van der Waals surface area contributed by atoms with E-state index in [1.54, 1.807) is 42.6 Å². The van der Waals surface area contributed by atoms with Gasteiger partial charge in [0.05, 0.1) is 5.52 Å². The Morgan fingerprint density at radius 2 is 1.79 bits per heavy atom. The lowest BCUT2D eigenvalue weighted by Gasteiger charge is -2.16. The molecule has 0 aliphatic carbocycles. The number of fused-ring (bicyclic) bond motifs is 1. The van der Waals surface area contributed by atoms with Gasteiger partial charge in [-0.25, -0.2) is 4.98 Å². The Morgan fingerprint density at radius 3 is 2.50 bits per heavy atom. The van der Waals surface area contributed by atoms with Crippen molar-refractivity contribution in [1.82, 2.24) is 15.0 Å². The van der Waals surface area contributed by atoms with Crippen LogP contribution >= 0.6 is 0 Å². The quantitative estimate of drug-likeness (QED) is 0.363. The number of hydrogen-bond donors (Lipinski definition) is 3. The third kappa shape index (κ3) is 4.80. The summed E-state index contributed by atoms with van der Waals surface area (Å²) in [6.45, 7) is -0.730. The number of nitrogens with zero attached hydrogens (tertiary/aromatic N) is 2. The number of carboxylic acid groups (broad SMARTS) is 1. The fraction of sp³-hybridized carbons (Fsp3) is 0.0833. The molecule has 34 heavy (non-hydrogen) atoms. The highest BCUT2D eigenvalue weighted by Crippen LogP contribution is 2.31. The van der Waals surface area contributed by atoms with Crippen LogP contribution in [0.2, 0.25) is 0 Å². The van der Waals surface area contributed by atoms with Crippen LogP contribution in [0.15, 0.2) is 77.7 Å². The molecule has 0 spiro atoms. The number of pyridine rings is 2. The fourth-order valence-electron chi connectivity index (χ4n) is 3.21. The smallest absolute Gasteiger partial charge is 0.322 e. The number of aromatic hydroxyl groups is 1. The van der Waals surface area contributed by atoms with Gasteiger partial charge in [0, 0.05) is 17.6 Å². The molecule has 4 aromatic rings. The van der Waals surface area contributed by atoms with E-state index >= 15 is 0 Å². The minimum absolute atomic E-state index is 0.00297. The Labute approximate surface area is 192 Å². The highest BCUT2D eigenvalue weighted by atomic mass is 16.7. The molecule has 4 rings (SSSR count). The third-order valence-corrected chi connectivity index (χ3v) is 4.77. The SMILES string of the molecule is O=C(O)CNC(=O)c1c(O)c2cc(Oc3ccccn3)ccc2n(OCc2ccccc2)c1=O. The molecule has 172 valence electrons. The van der Waals surface area contributed by atoms with Crippen LogP contribution in [0.1, 0.15) is 15.9 Å². The molecular weight excluding hydrogens is 442 g/mol. The highest BCUT2D eigenvalue weighted by Gasteiger charge is 2.24. The number of hydrogen-bond acceptors (Lipinski definition) is 7. The monoisotopic (exact) mass is 461 g/mol. The first-order valence-corrected chi connectivity index (χ1v) is 10.1. The minimum Gasteiger partial charge on any atom is -0.506 e. The molecule has 0 fully saturated rings. The molecule has 10 nitrogen and oxygen atoms in total. The van der Waals surface area contributed by atoms with Crippen LogP contribution < -0.4 is 20.5 Å². The van der Waals surface area contributed by atoms with Gasteiger partial charge in [-0.05, 0) is 29.8 Å². The molecule has 0 atom stereocenters. The van der Waals surface area contributed by atoms with Crippen LogP contribution in [0, 0.1) is 0 Å². The van der Waals surface area contributed by atoms with E-state index in [1.165, 1.54) is 12.1 Å². The van der Waals surface area contributed by atoms with Crippen molar-refractivity contribution in [1.29, 1.82) is 0 Å². The lowest BCUT2D eigenvalue weighted by Crippen LogP contribution is -2.37. The Balaban J connectivity index is 1.80. The van der Waals surface area contributed by atoms with Crippen LogP contribution in [-0.2, 0) is 11.4 Å². The molecule has 0 saturated carbocycles. The van der Waals surface area contributed by atoms with Gasteiger partial charge in [0.25, 0.3) is 11.5 Å². The van der Waals surface area contributed by atoms with E-state index in [9.17, 15) is 19.5 Å². The lowest BCUT2D eigenvalue weighted by molar-refractivity contribution is -0.135. The summed E-state index contributed by atoms with van der Waals surface area (Å²) in [6, 6.07) is 18.6. The van der Waals surface area contributed by atoms with Gasteiger partial charge < -0.3 is 25.1 Å². The van der Waals surface area contributed by atoms with Gasteiger partial charge in [0.15, 0.2) is 5.56 Å². The molecule has 0 unspecified atom stereocenters. The molecule has 0 bridgehead atoms. The Bertz CT molecular complexity index is 1400. The number of carbonyl (C=O) groups is 2. The van der Waals surface area contributed by atoms with E-state index < -0.39 is 35.3 Å². The summed E-state index contributed by atoms with van der Waals surface area (Å²) in [5, 5.41) is 21.8. The maximum atomic E-state index is 13.1. The average molecular weight is 461 g/mol. The molecule has 0 aliphatic rings. The largest absolute Gasteiger partial charge is 0.506 e. The van der Waals surface area contributed by atoms with Gasteiger partial charge in [-0.3, -0.25) is 14.4 Å². The van der Waals surface area contributed by atoms with Crippen molar-refractivity contribution in [2.75, 3.05) is 6.54 Å². The first-order valence-electron chi connectivity index (χ1n) is 10.1. The predicted octanol–water partition coefficient (Wildman–Crippen LogP) is 2.34. The zero-order valence-corrected chi connectivity index (χ0v) is 17.7. The fourth-order valence-corrected chi connectivity index (χ4v) is 3.21. The average Bonchev–Trinajstić information content (AvgIpc) is 2.84. The molecule has 0 saturated heterocycles. The van der Waals surface area contributed by atoms with Gasteiger partial charge in [0.1, 0.15) is 24.7 Å². The van der Waals surface area contributed by atoms with Crippen LogP contribution in [-0.4, -0.2) is 38.3 Å². The standard InChI is InChI=1S/C24H19N3O7/c28-20(29)13-26-23(31)21-22(30)17-12-16(34-19-8-4-5-11-25-19)9-10-18(17)27(24(21)32)33-14-15-6-2-1-3-7-15/h1-12,30H,13-14H2,(H,26,31)(H,28,29). The summed E-state index contributed by atoms with van der Waals surface area (Å²) in [5.74, 6) is -2.41. The molecule has 10 heteroatoms. The number of amides is 1. The predicted molar refractivity (Wildman–Crippen MR) is 121 cm³/mol. The minimum atomic E-state index is -1.31. The number of carboxylic acids is 1. The Kier molecular flexibility index (Phi) is 6.40. The summed E-state index contributed by atoms with van der Waals surface area (Å²) < 4.78 is 6.58. The number of aliphatic carboxylic acids is 1. The summed E-state index contributed by atoms with van der Waals surface area (Å²) in [6.07, 6.45) is 1.55. The van der Waals surface area contributed by atoms with E-state index in [0.717, 1.165) is 10.3 Å². The number of benzene rings is 2. The first-order chi connectivity index (χ1) is 16.4. The molecule has 0 radical (unpaired) electrons. The zero-order valence-electron chi connectivity index (χ0n) is 17.7. The highest BCUT2D eigenvalue weighted by molar-refractivity contribution is 6.03. The van der Waals surface area contributed by atoms with E-state index in [0.29, 0.717) is 5.88 Å². The van der Waals surface area contributed by atoms with E-state index in [1.807, 2.05) is 18.2 Å². The topological polar surface area (TPSA) is 140 Å². The van der Waals surface area contributed by atoms with Crippen molar-refractivity contribution in [3.63, 3.8) is 0 Å². The number of aromatic nitrogens is 2. The van der Waals surface area contributed by atoms with E-state index in [-0.39, 0.29) is 23.3 Å². The van der Waals surface area contributed by atoms with Crippen LogP contribution in [0.3, 0.4) is 0 Å². The van der Waals surface area contributed by atoms with Crippen LogP contribution in [0.4, 0.5) is 0 Å². The number of ether oxygens (including phenoxy) is 1. The molecule has 2 heterocycles. The van der Waals surface area contributed by atoms with Crippen molar-refractivity contribution < 1.29 is 29.4 Å². The molecule has 2 aromatic carbocycles. The van der Waals surface area contributed by atoms with Crippen molar-refractivity contribution >= 4 is 22.8 Å². The maximum Gasteiger partial charge on any atom is 0.322 e. The second kappa shape index (κ2) is 9.74. The lowest BCUT2D eigenvalue weighted by atomic mass is 10.1. The van der Waals surface area contributed by atoms with Crippen molar-refractivity contribution in [3.05, 3.63) is 94.4 Å². The first kappa shape index (κ1) is 22.3. The van der Waals surface area contributed by atoms with Gasteiger partial charge >= 0.3 is 5.97 Å². The van der Waals surface area contributed by atoms with Crippen molar-refractivity contribution in [2.45, 2.75) is 6.61 Å². The number of rotatable bonds is 8. The Hall–Kier alpha value is -4.86. The maximum absolute atomic E-state index is 13.1. The van der Waals surface area contributed by atoms with E-state index in [4.69, 9.17) is 14.7 Å². The molecule has 1 amide bonds. The molecule has 0 aliphatic heterocycles.